The molecule has 4 nitrogen and oxygen atoms in total. The Morgan fingerprint density at radius 2 is 2.38 bits per heavy atom. The van der Waals surface area contributed by atoms with Crippen LogP contribution in [0, 0.1) is 10.1 Å². The van der Waals surface area contributed by atoms with E-state index in [1.807, 2.05) is 0 Å². The average molecular weight is 243 g/mol. The van der Waals surface area contributed by atoms with Crippen molar-refractivity contribution < 1.29 is 4.92 Å². The minimum Gasteiger partial charge on any atom is -0.383 e. The number of benzene rings is 1. The van der Waals surface area contributed by atoms with Crippen LogP contribution in [0.25, 0.3) is 0 Å². The number of alkyl halides is 1. The van der Waals surface area contributed by atoms with Crippen LogP contribution in [0.15, 0.2) is 18.2 Å². The first-order valence-corrected chi connectivity index (χ1v) is 4.76. The van der Waals surface area contributed by atoms with Gasteiger partial charge in [-0.15, -0.1) is 0 Å². The van der Waals surface area contributed by atoms with Gasteiger partial charge in [0.05, 0.1) is 9.75 Å². The van der Waals surface area contributed by atoms with Gasteiger partial charge in [0.2, 0.25) is 0 Å². The highest BCUT2D eigenvalue weighted by Gasteiger charge is 2.21. The number of nitrogens with one attached hydrogen (secondary N) is 1. The van der Waals surface area contributed by atoms with Gasteiger partial charge in [0, 0.05) is 24.4 Å². The summed E-state index contributed by atoms with van der Waals surface area (Å²) in [5, 5.41) is 13.5. The lowest BCUT2D eigenvalue weighted by molar-refractivity contribution is -0.384. The Kier molecular flexibility index (Phi) is 1.95. The second-order valence-corrected chi connectivity index (χ2v) is 3.98. The number of nitro benzene ring substituents is 1. The fourth-order valence-electron chi connectivity index (χ4n) is 1.39. The second kappa shape index (κ2) is 2.99. The quantitative estimate of drug-likeness (QED) is 0.468. The largest absolute Gasteiger partial charge is 0.383 e. The zero-order chi connectivity index (χ0) is 9.42. The molecule has 0 spiro atoms. The monoisotopic (exact) mass is 242 g/mol. The topological polar surface area (TPSA) is 55.2 Å². The van der Waals surface area contributed by atoms with Gasteiger partial charge in [0.25, 0.3) is 5.69 Å². The molecular formula is C8H7BrN2O2. The molecule has 0 radical (unpaired) electrons. The van der Waals surface area contributed by atoms with Crippen molar-refractivity contribution in [2.75, 3.05) is 11.9 Å². The molecule has 1 aromatic carbocycles. The van der Waals surface area contributed by atoms with Crippen molar-refractivity contribution in [3.05, 3.63) is 33.9 Å². The number of fused-ring (bicyclic) bond motifs is 1. The molecule has 0 saturated heterocycles. The molecule has 1 N–H and O–H groups in total. The van der Waals surface area contributed by atoms with E-state index >= 15 is 0 Å². The highest BCUT2D eigenvalue weighted by atomic mass is 79.9. The molecule has 2 rings (SSSR count). The van der Waals surface area contributed by atoms with Crippen LogP contribution >= 0.6 is 15.9 Å². The standard InChI is InChI=1S/C8H7BrN2O2/c9-7-4-10-8-3-5(11(12)13)1-2-6(7)8/h1-3,7,10H,4H2. The Morgan fingerprint density at radius 1 is 1.62 bits per heavy atom. The van der Waals surface area contributed by atoms with Gasteiger partial charge in [-0.3, -0.25) is 10.1 Å². The lowest BCUT2D eigenvalue weighted by Gasteiger charge is -1.99. The smallest absolute Gasteiger partial charge is 0.271 e. The summed E-state index contributed by atoms with van der Waals surface area (Å²) >= 11 is 3.47. The van der Waals surface area contributed by atoms with Crippen molar-refractivity contribution in [2.45, 2.75) is 4.83 Å². The molecule has 1 unspecified atom stereocenters. The summed E-state index contributed by atoms with van der Waals surface area (Å²) in [7, 11) is 0. The Morgan fingerprint density at radius 3 is 3.08 bits per heavy atom. The predicted octanol–water partition coefficient (Wildman–Crippen LogP) is 2.46. The summed E-state index contributed by atoms with van der Waals surface area (Å²) in [6.07, 6.45) is 0. The third kappa shape index (κ3) is 1.39. The van der Waals surface area contributed by atoms with Crippen LogP contribution in [0.1, 0.15) is 10.4 Å². The van der Waals surface area contributed by atoms with Crippen molar-refractivity contribution >= 4 is 27.3 Å². The molecule has 1 aliphatic rings. The Hall–Kier alpha value is -1.10. The zero-order valence-corrected chi connectivity index (χ0v) is 8.24. The lowest BCUT2D eigenvalue weighted by Crippen LogP contribution is -1.93. The van der Waals surface area contributed by atoms with E-state index in [0.717, 1.165) is 17.8 Å². The number of halogens is 1. The molecule has 0 fully saturated rings. The fourth-order valence-corrected chi connectivity index (χ4v) is 1.95. The highest BCUT2D eigenvalue weighted by Crippen LogP contribution is 2.37. The Bertz CT molecular complexity index is 367. The normalized spacial score (nSPS) is 19.3. The van der Waals surface area contributed by atoms with Gasteiger partial charge in [-0.1, -0.05) is 15.9 Å². The molecule has 0 aliphatic carbocycles. The first-order chi connectivity index (χ1) is 6.18. The minimum atomic E-state index is -0.385. The number of nitrogens with zero attached hydrogens (tertiary/aromatic N) is 1. The van der Waals surface area contributed by atoms with Crippen LogP contribution in [0.3, 0.4) is 0 Å². The van der Waals surface area contributed by atoms with Gasteiger partial charge in [-0.25, -0.2) is 0 Å². The third-order valence-electron chi connectivity index (χ3n) is 2.06. The summed E-state index contributed by atoms with van der Waals surface area (Å²) in [6, 6.07) is 4.88. The van der Waals surface area contributed by atoms with Crippen LogP contribution < -0.4 is 5.32 Å². The van der Waals surface area contributed by atoms with Crippen molar-refractivity contribution in [3.63, 3.8) is 0 Å². The number of nitro groups is 1. The first-order valence-electron chi connectivity index (χ1n) is 3.85. The maximum absolute atomic E-state index is 10.4. The fraction of sp³-hybridized carbons (Fsp3) is 0.250. The molecular weight excluding hydrogens is 236 g/mol. The van der Waals surface area contributed by atoms with Gasteiger partial charge in [0.1, 0.15) is 0 Å². The third-order valence-corrected chi connectivity index (χ3v) is 2.87. The van der Waals surface area contributed by atoms with Gasteiger partial charge < -0.3 is 5.32 Å². The molecule has 0 aromatic heterocycles. The molecule has 0 amide bonds. The van der Waals surface area contributed by atoms with Crippen LogP contribution in [0.2, 0.25) is 0 Å². The molecule has 1 atom stereocenters. The Labute approximate surface area is 83.2 Å². The second-order valence-electron chi connectivity index (χ2n) is 2.88. The molecule has 1 heterocycles. The van der Waals surface area contributed by atoms with E-state index < -0.39 is 0 Å². The molecule has 5 heteroatoms. The number of rotatable bonds is 1. The first kappa shape index (κ1) is 8.50. The lowest BCUT2D eigenvalue weighted by atomic mass is 10.1. The van der Waals surface area contributed by atoms with E-state index in [1.165, 1.54) is 6.07 Å². The van der Waals surface area contributed by atoms with Crippen LogP contribution in [0.4, 0.5) is 11.4 Å². The highest BCUT2D eigenvalue weighted by molar-refractivity contribution is 9.09. The molecule has 0 saturated carbocycles. The number of hydrogen-bond acceptors (Lipinski definition) is 3. The van der Waals surface area contributed by atoms with E-state index in [2.05, 4.69) is 21.2 Å². The predicted molar refractivity (Wildman–Crippen MR) is 53.3 cm³/mol. The maximum atomic E-state index is 10.4. The zero-order valence-electron chi connectivity index (χ0n) is 6.66. The summed E-state index contributed by atoms with van der Waals surface area (Å²) < 4.78 is 0. The molecule has 68 valence electrons. The average Bonchev–Trinajstić information content (AvgIpc) is 2.47. The summed E-state index contributed by atoms with van der Waals surface area (Å²) in [5.74, 6) is 0. The summed E-state index contributed by atoms with van der Waals surface area (Å²) in [6.45, 7) is 0.788. The molecule has 1 aliphatic heterocycles. The minimum absolute atomic E-state index is 0.132. The Balaban J connectivity index is 2.45. The van der Waals surface area contributed by atoms with Gasteiger partial charge in [-0.05, 0) is 11.6 Å². The summed E-state index contributed by atoms with van der Waals surface area (Å²) in [5.41, 5.74) is 2.08. The van der Waals surface area contributed by atoms with Crippen LogP contribution in [-0.4, -0.2) is 11.5 Å². The van der Waals surface area contributed by atoms with Crippen LogP contribution in [-0.2, 0) is 0 Å². The van der Waals surface area contributed by atoms with E-state index in [0.29, 0.717) is 0 Å². The van der Waals surface area contributed by atoms with Crippen molar-refractivity contribution in [1.29, 1.82) is 0 Å². The van der Waals surface area contributed by atoms with Crippen LogP contribution in [0.5, 0.6) is 0 Å². The van der Waals surface area contributed by atoms with Gasteiger partial charge in [0.15, 0.2) is 0 Å². The van der Waals surface area contributed by atoms with Crippen molar-refractivity contribution in [2.24, 2.45) is 0 Å². The summed E-state index contributed by atoms with van der Waals surface area (Å²) in [4.78, 5) is 10.3. The van der Waals surface area contributed by atoms with Crippen molar-refractivity contribution in [3.8, 4) is 0 Å². The number of anilines is 1. The SMILES string of the molecule is O=[N+]([O-])c1ccc2c(c1)NCC2Br. The molecule has 13 heavy (non-hydrogen) atoms. The van der Waals surface area contributed by atoms with E-state index in [-0.39, 0.29) is 15.4 Å². The van der Waals surface area contributed by atoms with E-state index in [4.69, 9.17) is 0 Å². The maximum Gasteiger partial charge on any atom is 0.271 e. The molecule has 1 aromatic rings. The number of hydrogen-bond donors (Lipinski definition) is 1. The van der Waals surface area contributed by atoms with E-state index in [1.54, 1.807) is 12.1 Å². The van der Waals surface area contributed by atoms with Crippen molar-refractivity contribution in [1.82, 2.24) is 0 Å². The van der Waals surface area contributed by atoms with Gasteiger partial charge in [-0.2, -0.15) is 0 Å². The number of non-ortho nitro benzene ring substituents is 1. The molecule has 0 bridgehead atoms. The van der Waals surface area contributed by atoms with Gasteiger partial charge >= 0.3 is 0 Å². The van der Waals surface area contributed by atoms with E-state index in [9.17, 15) is 10.1 Å².